The van der Waals surface area contributed by atoms with E-state index in [1.165, 1.54) is 21.7 Å². The maximum Gasteiger partial charge on any atom is 0.374 e. The fourth-order valence-electron chi connectivity index (χ4n) is 1.63. The van der Waals surface area contributed by atoms with Crippen LogP contribution in [0, 0.1) is 13.8 Å². The Morgan fingerprint density at radius 1 is 0.688 bits per heavy atom. The largest absolute Gasteiger partial charge is 0.374 e. The maximum absolute atomic E-state index is 6.32. The van der Waals surface area contributed by atoms with Gasteiger partial charge in [0.15, 0.2) is 0 Å². The highest BCUT2D eigenvalue weighted by Gasteiger charge is 2.15. The van der Waals surface area contributed by atoms with Gasteiger partial charge in [0.05, 0.1) is 10.6 Å². The van der Waals surface area contributed by atoms with Crippen molar-refractivity contribution in [3.63, 3.8) is 0 Å². The summed E-state index contributed by atoms with van der Waals surface area (Å²) < 4.78 is 0. The van der Waals surface area contributed by atoms with Crippen molar-refractivity contribution in [1.82, 2.24) is 0 Å². The van der Waals surface area contributed by atoms with Crippen LogP contribution in [-0.4, -0.2) is 7.57 Å². The van der Waals surface area contributed by atoms with Crippen LogP contribution in [-0.2, 0) is 0 Å². The first-order chi connectivity index (χ1) is 7.66. The van der Waals surface area contributed by atoms with E-state index in [-0.39, 0.29) is 0 Å². The molecule has 0 fully saturated rings. The van der Waals surface area contributed by atoms with Gasteiger partial charge in [0.1, 0.15) is 0 Å². The molecular formula is C14H15BP+. The van der Waals surface area contributed by atoms with Crippen molar-refractivity contribution in [3.05, 3.63) is 59.7 Å². The standard InChI is InChI=1S/C14H15BP/c1-11-3-7-13(8-4-11)16(15)14-9-5-12(2)6-10-14/h3-10,16H,1-2H3/q+1. The lowest BCUT2D eigenvalue weighted by atomic mass is 10.2. The van der Waals surface area contributed by atoms with E-state index in [2.05, 4.69) is 62.4 Å². The first-order valence-electron chi connectivity index (χ1n) is 5.43. The summed E-state index contributed by atoms with van der Waals surface area (Å²) in [7, 11) is 5.24. The van der Waals surface area contributed by atoms with Gasteiger partial charge in [0.2, 0.25) is 0 Å². The number of rotatable bonds is 2. The summed E-state index contributed by atoms with van der Waals surface area (Å²) in [6.07, 6.45) is 0. The summed E-state index contributed by atoms with van der Waals surface area (Å²) in [5, 5.41) is 2.53. The van der Waals surface area contributed by atoms with Crippen LogP contribution in [0.2, 0.25) is 0 Å². The fourth-order valence-corrected chi connectivity index (χ4v) is 3.02. The molecule has 0 atom stereocenters. The highest BCUT2D eigenvalue weighted by molar-refractivity contribution is 7.94. The second kappa shape index (κ2) is 4.85. The third kappa shape index (κ3) is 2.54. The van der Waals surface area contributed by atoms with E-state index in [1.807, 2.05) is 0 Å². The van der Waals surface area contributed by atoms with Crippen molar-refractivity contribution in [3.8, 4) is 0 Å². The Kier molecular flexibility index (Phi) is 3.46. The number of hydrogen-bond acceptors (Lipinski definition) is 0. The van der Waals surface area contributed by atoms with Gasteiger partial charge in [-0.1, -0.05) is 35.4 Å². The molecule has 0 aliphatic carbocycles. The zero-order valence-electron chi connectivity index (χ0n) is 9.70. The summed E-state index contributed by atoms with van der Waals surface area (Å²) in [6.45, 7) is 4.19. The summed E-state index contributed by atoms with van der Waals surface area (Å²) >= 11 is 0. The van der Waals surface area contributed by atoms with E-state index in [9.17, 15) is 0 Å². The molecule has 78 valence electrons. The lowest BCUT2D eigenvalue weighted by Gasteiger charge is -2.05. The van der Waals surface area contributed by atoms with Crippen LogP contribution in [0.3, 0.4) is 0 Å². The normalized spacial score (nSPS) is 10.7. The zero-order chi connectivity index (χ0) is 11.5. The molecule has 0 bridgehead atoms. The van der Waals surface area contributed by atoms with Gasteiger partial charge in [-0.25, -0.2) is 0 Å². The summed E-state index contributed by atoms with van der Waals surface area (Å²) in [5.74, 6) is 0. The van der Waals surface area contributed by atoms with Crippen molar-refractivity contribution in [2.75, 3.05) is 0 Å². The predicted molar refractivity (Wildman–Crippen MR) is 75.7 cm³/mol. The smallest absolute Gasteiger partial charge is 0.0555 e. The van der Waals surface area contributed by atoms with Crippen LogP contribution in [0.1, 0.15) is 11.1 Å². The van der Waals surface area contributed by atoms with Gasteiger partial charge >= 0.3 is 7.57 Å². The van der Waals surface area contributed by atoms with Gasteiger partial charge in [-0.3, -0.25) is 0 Å². The Morgan fingerprint density at radius 3 is 1.31 bits per heavy atom. The molecular weight excluding hydrogens is 210 g/mol. The lowest BCUT2D eigenvalue weighted by molar-refractivity contribution is 1.49. The van der Waals surface area contributed by atoms with Gasteiger partial charge in [-0.15, -0.1) is 0 Å². The minimum absolute atomic E-state index is 1.08. The van der Waals surface area contributed by atoms with Gasteiger partial charge in [0, 0.05) is 7.80 Å². The minimum atomic E-state index is -1.08. The Morgan fingerprint density at radius 2 is 1.00 bits per heavy atom. The molecule has 0 saturated carbocycles. The molecule has 0 unspecified atom stereocenters. The number of hydrogen-bond donors (Lipinski definition) is 0. The molecule has 0 heterocycles. The van der Waals surface area contributed by atoms with Crippen molar-refractivity contribution >= 4 is 26.0 Å². The molecule has 0 nitrogen and oxygen atoms in total. The highest BCUT2D eigenvalue weighted by Crippen LogP contribution is 2.27. The van der Waals surface area contributed by atoms with Crippen LogP contribution in [0.4, 0.5) is 0 Å². The van der Waals surface area contributed by atoms with Crippen molar-refractivity contribution < 1.29 is 0 Å². The third-order valence-electron chi connectivity index (χ3n) is 2.73. The average molecular weight is 225 g/mol. The van der Waals surface area contributed by atoms with Gasteiger partial charge in [-0.05, 0) is 38.1 Å². The van der Waals surface area contributed by atoms with Crippen LogP contribution < -0.4 is 10.6 Å². The molecule has 2 heteroatoms. The summed E-state index contributed by atoms with van der Waals surface area (Å²) in [4.78, 5) is 0. The Labute approximate surface area is 99.8 Å². The van der Waals surface area contributed by atoms with Crippen LogP contribution in [0.5, 0.6) is 0 Å². The topological polar surface area (TPSA) is 0 Å². The van der Waals surface area contributed by atoms with Crippen molar-refractivity contribution in [2.24, 2.45) is 0 Å². The van der Waals surface area contributed by atoms with E-state index in [1.54, 1.807) is 0 Å². The minimum Gasteiger partial charge on any atom is -0.0555 e. The molecule has 0 N–H and O–H groups in total. The van der Waals surface area contributed by atoms with E-state index < -0.39 is 7.80 Å². The molecule has 2 aromatic carbocycles. The van der Waals surface area contributed by atoms with Crippen LogP contribution in [0.25, 0.3) is 0 Å². The molecule has 0 spiro atoms. The Balaban J connectivity index is 2.28. The van der Waals surface area contributed by atoms with E-state index in [4.69, 9.17) is 7.57 Å². The highest BCUT2D eigenvalue weighted by atomic mass is 31.1. The molecule has 2 rings (SSSR count). The first kappa shape index (κ1) is 11.4. The summed E-state index contributed by atoms with van der Waals surface area (Å²) in [5.41, 5.74) is 2.56. The van der Waals surface area contributed by atoms with E-state index in [0.717, 1.165) is 0 Å². The molecule has 0 amide bonds. The quantitative estimate of drug-likeness (QED) is 0.544. The molecule has 16 heavy (non-hydrogen) atoms. The SMILES string of the molecule is [B][PH+](c1ccc(C)cc1)c1ccc(C)cc1. The first-order valence-corrected chi connectivity index (χ1v) is 7.01. The Hall–Kier alpha value is -1.07. The third-order valence-corrected chi connectivity index (χ3v) is 4.64. The molecule has 0 aromatic heterocycles. The number of benzene rings is 2. The summed E-state index contributed by atoms with van der Waals surface area (Å²) in [6, 6.07) is 17.1. The van der Waals surface area contributed by atoms with Crippen molar-refractivity contribution in [2.45, 2.75) is 13.8 Å². The molecule has 0 aliphatic heterocycles. The second-order valence-corrected chi connectivity index (χ2v) is 6.13. The van der Waals surface area contributed by atoms with Crippen molar-refractivity contribution in [1.29, 1.82) is 0 Å². The van der Waals surface area contributed by atoms with Gasteiger partial charge < -0.3 is 0 Å². The molecule has 2 radical (unpaired) electrons. The molecule has 0 aliphatic rings. The van der Waals surface area contributed by atoms with Gasteiger partial charge in [0.25, 0.3) is 0 Å². The van der Waals surface area contributed by atoms with Crippen LogP contribution >= 0.6 is 7.80 Å². The maximum atomic E-state index is 6.32. The van der Waals surface area contributed by atoms with E-state index in [0.29, 0.717) is 0 Å². The average Bonchev–Trinajstić information content (AvgIpc) is 2.30. The predicted octanol–water partition coefficient (Wildman–Crippen LogP) is 2.55. The number of aryl methyl sites for hydroxylation is 2. The molecule has 0 saturated heterocycles. The molecule has 2 aromatic rings. The lowest BCUT2D eigenvalue weighted by Crippen LogP contribution is -2.11. The van der Waals surface area contributed by atoms with Crippen LogP contribution in [0.15, 0.2) is 48.5 Å². The monoisotopic (exact) mass is 225 g/mol. The Bertz CT molecular complexity index is 414. The van der Waals surface area contributed by atoms with E-state index >= 15 is 0 Å². The fraction of sp³-hybridized carbons (Fsp3) is 0.143. The zero-order valence-corrected chi connectivity index (χ0v) is 10.7. The second-order valence-electron chi connectivity index (χ2n) is 4.15. The van der Waals surface area contributed by atoms with Gasteiger partial charge in [-0.2, -0.15) is 0 Å².